The molecule has 0 heterocycles. The lowest BCUT2D eigenvalue weighted by molar-refractivity contribution is -0.132. The van der Waals surface area contributed by atoms with Crippen LogP contribution in [0.25, 0.3) is 0 Å². The smallest absolute Gasteiger partial charge is 0.260 e. The predicted octanol–water partition coefficient (Wildman–Crippen LogP) is 2.27. The van der Waals surface area contributed by atoms with E-state index in [1.807, 2.05) is 0 Å². The zero-order valence-corrected chi connectivity index (χ0v) is 14.2. The molecule has 2 rings (SSSR count). The topological polar surface area (TPSA) is 63.7 Å². The highest BCUT2D eigenvalue weighted by atomic mass is 32.2. The van der Waals surface area contributed by atoms with Gasteiger partial charge in [0.2, 0.25) is 0 Å². The van der Waals surface area contributed by atoms with Crippen molar-refractivity contribution in [2.24, 2.45) is 0 Å². The molecule has 24 heavy (non-hydrogen) atoms. The molecule has 0 aromatic heterocycles. The van der Waals surface area contributed by atoms with Gasteiger partial charge >= 0.3 is 0 Å². The fourth-order valence-electron chi connectivity index (χ4n) is 2.01. The van der Waals surface area contributed by atoms with E-state index in [-0.39, 0.29) is 29.8 Å². The molecule has 0 spiro atoms. The number of sulfone groups is 1. The van der Waals surface area contributed by atoms with Crippen LogP contribution in [0, 0.1) is 5.82 Å². The van der Waals surface area contributed by atoms with Gasteiger partial charge in [-0.2, -0.15) is 0 Å². The Labute approximate surface area is 140 Å². The van der Waals surface area contributed by atoms with Gasteiger partial charge in [-0.05, 0) is 30.3 Å². The minimum atomic E-state index is -3.27. The summed E-state index contributed by atoms with van der Waals surface area (Å²) in [6.07, 6.45) is 1.12. The lowest BCUT2D eigenvalue weighted by Gasteiger charge is -2.18. The average Bonchev–Trinajstić information content (AvgIpc) is 2.54. The molecule has 128 valence electrons. The highest BCUT2D eigenvalue weighted by molar-refractivity contribution is 7.90. The van der Waals surface area contributed by atoms with Gasteiger partial charge in [-0.3, -0.25) is 4.79 Å². The van der Waals surface area contributed by atoms with Crippen LogP contribution in [-0.2, 0) is 21.2 Å². The van der Waals surface area contributed by atoms with E-state index in [4.69, 9.17) is 4.74 Å². The summed E-state index contributed by atoms with van der Waals surface area (Å²) in [4.78, 5) is 13.6. The number of hydrogen-bond acceptors (Lipinski definition) is 4. The van der Waals surface area contributed by atoms with Crippen LogP contribution >= 0.6 is 0 Å². The van der Waals surface area contributed by atoms with Crippen molar-refractivity contribution in [2.45, 2.75) is 11.4 Å². The molecule has 0 saturated heterocycles. The molecule has 2 aromatic carbocycles. The zero-order chi connectivity index (χ0) is 17.7. The van der Waals surface area contributed by atoms with Crippen molar-refractivity contribution in [3.63, 3.8) is 0 Å². The summed E-state index contributed by atoms with van der Waals surface area (Å²) in [6.45, 7) is -0.0783. The Kier molecular flexibility index (Phi) is 5.56. The fourth-order valence-corrected chi connectivity index (χ4v) is 2.64. The molecular weight excluding hydrogens is 333 g/mol. The lowest BCUT2D eigenvalue weighted by atomic mass is 10.2. The maximum atomic E-state index is 13.6. The Bertz CT molecular complexity index is 819. The number of nitrogens with zero attached hydrogens (tertiary/aromatic N) is 1. The molecule has 0 radical (unpaired) electrons. The number of carbonyl (C=O) groups excluding carboxylic acids is 1. The molecule has 0 N–H and O–H groups in total. The van der Waals surface area contributed by atoms with Gasteiger partial charge in [0.1, 0.15) is 11.6 Å². The molecule has 0 bridgehead atoms. The SMILES string of the molecule is CN(Cc1ccccc1F)C(=O)COc1ccc(S(C)(=O)=O)cc1. The van der Waals surface area contributed by atoms with Gasteiger partial charge in [-0.15, -0.1) is 0 Å². The maximum Gasteiger partial charge on any atom is 0.260 e. The average molecular weight is 351 g/mol. The summed E-state index contributed by atoms with van der Waals surface area (Å²) >= 11 is 0. The minimum Gasteiger partial charge on any atom is -0.484 e. The standard InChI is InChI=1S/C17H18FNO4S/c1-19(11-13-5-3-4-6-16(13)18)17(20)12-23-14-7-9-15(10-8-14)24(2,21)22/h3-10H,11-12H2,1-2H3. The summed E-state index contributed by atoms with van der Waals surface area (Å²) in [7, 11) is -1.71. The molecule has 0 aliphatic heterocycles. The van der Waals surface area contributed by atoms with Crippen molar-refractivity contribution in [1.29, 1.82) is 0 Å². The molecular formula is C17H18FNO4S. The Balaban J connectivity index is 1.92. The second kappa shape index (κ2) is 7.44. The van der Waals surface area contributed by atoms with Gasteiger partial charge in [0.05, 0.1) is 4.90 Å². The third kappa shape index (κ3) is 4.79. The minimum absolute atomic E-state index is 0.141. The van der Waals surface area contributed by atoms with E-state index in [0.29, 0.717) is 11.3 Å². The first kappa shape index (κ1) is 17.9. The van der Waals surface area contributed by atoms with Crippen molar-refractivity contribution in [2.75, 3.05) is 19.9 Å². The van der Waals surface area contributed by atoms with Gasteiger partial charge in [0.25, 0.3) is 5.91 Å². The van der Waals surface area contributed by atoms with Crippen LogP contribution in [0.4, 0.5) is 4.39 Å². The largest absolute Gasteiger partial charge is 0.484 e. The van der Waals surface area contributed by atoms with Crippen molar-refractivity contribution in [3.05, 3.63) is 59.9 Å². The van der Waals surface area contributed by atoms with Crippen LogP contribution in [-0.4, -0.2) is 39.1 Å². The van der Waals surface area contributed by atoms with Crippen LogP contribution in [0.15, 0.2) is 53.4 Å². The van der Waals surface area contributed by atoms with Crippen molar-refractivity contribution >= 4 is 15.7 Å². The number of rotatable bonds is 6. The highest BCUT2D eigenvalue weighted by Gasteiger charge is 2.13. The molecule has 1 amide bonds. The number of benzene rings is 2. The number of likely N-dealkylation sites (N-methyl/N-ethyl adjacent to an activating group) is 1. The summed E-state index contributed by atoms with van der Waals surface area (Å²) in [5.74, 6) is -0.296. The van der Waals surface area contributed by atoms with E-state index in [0.717, 1.165) is 6.26 Å². The second-order valence-electron chi connectivity index (χ2n) is 5.37. The molecule has 0 unspecified atom stereocenters. The number of halogens is 1. The molecule has 7 heteroatoms. The van der Waals surface area contributed by atoms with E-state index < -0.39 is 9.84 Å². The van der Waals surface area contributed by atoms with Crippen LogP contribution < -0.4 is 4.74 Å². The second-order valence-corrected chi connectivity index (χ2v) is 7.39. The van der Waals surface area contributed by atoms with E-state index in [1.165, 1.54) is 35.2 Å². The number of ether oxygens (including phenoxy) is 1. The molecule has 0 saturated carbocycles. The number of hydrogen-bond donors (Lipinski definition) is 0. The number of carbonyl (C=O) groups is 1. The first-order valence-corrected chi connectivity index (χ1v) is 9.07. The van der Waals surface area contributed by atoms with Crippen molar-refractivity contribution in [3.8, 4) is 5.75 Å². The monoisotopic (exact) mass is 351 g/mol. The Hall–Kier alpha value is -2.41. The predicted molar refractivity (Wildman–Crippen MR) is 87.9 cm³/mol. The molecule has 0 aliphatic carbocycles. The Morgan fingerprint density at radius 2 is 1.75 bits per heavy atom. The van der Waals surface area contributed by atoms with E-state index in [2.05, 4.69) is 0 Å². The van der Waals surface area contributed by atoms with Crippen LogP contribution in [0.1, 0.15) is 5.56 Å². The van der Waals surface area contributed by atoms with Crippen LogP contribution in [0.3, 0.4) is 0 Å². The summed E-state index contributed by atoms with van der Waals surface area (Å²) in [5, 5.41) is 0. The quantitative estimate of drug-likeness (QED) is 0.801. The molecule has 0 atom stereocenters. The third-order valence-electron chi connectivity index (χ3n) is 3.41. The van der Waals surface area contributed by atoms with Gasteiger partial charge in [0.15, 0.2) is 16.4 Å². The van der Waals surface area contributed by atoms with E-state index >= 15 is 0 Å². The number of amides is 1. The summed E-state index contributed by atoms with van der Waals surface area (Å²) in [6, 6.07) is 12.1. The van der Waals surface area contributed by atoms with Crippen molar-refractivity contribution in [1.82, 2.24) is 4.90 Å². The van der Waals surface area contributed by atoms with E-state index in [9.17, 15) is 17.6 Å². The Morgan fingerprint density at radius 3 is 2.33 bits per heavy atom. The maximum absolute atomic E-state index is 13.6. The highest BCUT2D eigenvalue weighted by Crippen LogP contribution is 2.16. The van der Waals surface area contributed by atoms with Gasteiger partial charge in [-0.25, -0.2) is 12.8 Å². The molecule has 0 aliphatic rings. The van der Waals surface area contributed by atoms with E-state index in [1.54, 1.807) is 25.2 Å². The van der Waals surface area contributed by atoms with Gasteiger partial charge < -0.3 is 9.64 Å². The molecule has 2 aromatic rings. The zero-order valence-electron chi connectivity index (χ0n) is 13.4. The molecule has 5 nitrogen and oxygen atoms in total. The van der Waals surface area contributed by atoms with Crippen molar-refractivity contribution < 1.29 is 22.3 Å². The van der Waals surface area contributed by atoms with Crippen LogP contribution in [0.5, 0.6) is 5.75 Å². The third-order valence-corrected chi connectivity index (χ3v) is 4.53. The van der Waals surface area contributed by atoms with Crippen LogP contribution in [0.2, 0.25) is 0 Å². The fraction of sp³-hybridized carbons (Fsp3) is 0.235. The normalized spacial score (nSPS) is 11.1. The van der Waals surface area contributed by atoms with Gasteiger partial charge in [-0.1, -0.05) is 18.2 Å². The summed E-state index contributed by atoms with van der Waals surface area (Å²) < 4.78 is 41.7. The van der Waals surface area contributed by atoms with Gasteiger partial charge in [0, 0.05) is 25.4 Å². The molecule has 0 fully saturated rings. The lowest BCUT2D eigenvalue weighted by Crippen LogP contribution is -2.31. The first-order valence-electron chi connectivity index (χ1n) is 7.17. The summed E-state index contributed by atoms with van der Waals surface area (Å²) in [5.41, 5.74) is 0.422. The Morgan fingerprint density at radius 1 is 1.12 bits per heavy atom. The first-order chi connectivity index (χ1) is 11.3.